The van der Waals surface area contributed by atoms with Gasteiger partial charge >= 0.3 is 0 Å². The molecule has 3 aromatic rings. The molecule has 0 amide bonds. The maximum absolute atomic E-state index is 13.1. The first-order valence-corrected chi connectivity index (χ1v) is 9.26. The van der Waals surface area contributed by atoms with Gasteiger partial charge in [-0.1, -0.05) is 56.2 Å². The molecule has 1 aliphatic carbocycles. The molecule has 1 aliphatic rings. The van der Waals surface area contributed by atoms with E-state index in [0.29, 0.717) is 6.42 Å². The molecule has 2 aromatic carbocycles. The van der Waals surface area contributed by atoms with Gasteiger partial charge in [0, 0.05) is 30.0 Å². The maximum Gasteiger partial charge on any atom is 0.195 e. The lowest BCUT2D eigenvalue weighted by Gasteiger charge is -2.25. The number of carbonyl (C=O) groups excluding carboxylic acids is 1. The molecule has 0 saturated carbocycles. The average molecular weight is 345 g/mol. The minimum absolute atomic E-state index is 0.117. The Morgan fingerprint density at radius 1 is 1.12 bits per heavy atom. The van der Waals surface area contributed by atoms with Gasteiger partial charge in [-0.15, -0.1) is 0 Å². The second kappa shape index (κ2) is 6.65. The normalized spacial score (nSPS) is 19.1. The largest absolute Gasteiger partial charge is 0.370 e. The van der Waals surface area contributed by atoms with E-state index in [0.717, 1.165) is 52.5 Å². The Balaban J connectivity index is 1.72. The Bertz CT molecular complexity index is 979. The third-order valence-corrected chi connectivity index (χ3v) is 5.46. The molecule has 1 unspecified atom stereocenters. The Morgan fingerprint density at radius 2 is 1.96 bits per heavy atom. The van der Waals surface area contributed by atoms with Crippen LogP contribution in [0.2, 0.25) is 0 Å². The maximum atomic E-state index is 13.1. The molecule has 1 aromatic heterocycles. The van der Waals surface area contributed by atoms with E-state index in [4.69, 9.17) is 9.72 Å². The monoisotopic (exact) mass is 345 g/mol. The molecule has 26 heavy (non-hydrogen) atoms. The lowest BCUT2D eigenvalue weighted by Crippen LogP contribution is -2.38. The number of benzene rings is 2. The predicted octanol–water partition coefficient (Wildman–Crippen LogP) is 5.22. The van der Waals surface area contributed by atoms with Crippen molar-refractivity contribution < 1.29 is 9.53 Å². The molecule has 4 rings (SSSR count). The van der Waals surface area contributed by atoms with Crippen LogP contribution in [0.5, 0.6) is 0 Å². The number of hydrogen-bond donors (Lipinski definition) is 0. The first-order valence-electron chi connectivity index (χ1n) is 9.26. The standard InChI is InChI=1S/C23H23NO2/c1-3-4-13-23(26-2)15-18-10-9-17(14-19(18)22(23)25)21-12-11-16-7-5-6-8-20(16)24-21/h5-12,14H,3-4,13,15H2,1-2H3. The number of methoxy groups -OCH3 is 1. The van der Waals surface area contributed by atoms with Gasteiger partial charge in [0.1, 0.15) is 5.60 Å². The van der Waals surface area contributed by atoms with E-state index in [1.807, 2.05) is 30.3 Å². The van der Waals surface area contributed by atoms with Crippen LogP contribution >= 0.6 is 0 Å². The summed E-state index contributed by atoms with van der Waals surface area (Å²) in [6, 6.07) is 18.3. The van der Waals surface area contributed by atoms with Gasteiger partial charge < -0.3 is 4.74 Å². The van der Waals surface area contributed by atoms with Crippen LogP contribution < -0.4 is 0 Å². The average Bonchev–Trinajstić information content (AvgIpc) is 2.98. The fourth-order valence-electron chi connectivity index (χ4n) is 3.89. The van der Waals surface area contributed by atoms with Crippen LogP contribution in [0, 0.1) is 0 Å². The van der Waals surface area contributed by atoms with Crippen molar-refractivity contribution >= 4 is 16.7 Å². The van der Waals surface area contributed by atoms with Crippen molar-refractivity contribution in [1.29, 1.82) is 0 Å². The fourth-order valence-corrected chi connectivity index (χ4v) is 3.89. The van der Waals surface area contributed by atoms with Gasteiger partial charge in [0.15, 0.2) is 5.78 Å². The number of aromatic nitrogens is 1. The summed E-state index contributed by atoms with van der Waals surface area (Å²) in [6.07, 6.45) is 3.49. The Labute approximate surface area is 154 Å². The quantitative estimate of drug-likeness (QED) is 0.637. The van der Waals surface area contributed by atoms with Crippen LogP contribution in [0.1, 0.15) is 42.1 Å². The van der Waals surface area contributed by atoms with E-state index in [9.17, 15) is 4.79 Å². The van der Waals surface area contributed by atoms with E-state index < -0.39 is 5.60 Å². The number of Topliss-reactive ketones (excluding diaryl/α,β-unsaturated/α-hetero) is 1. The van der Waals surface area contributed by atoms with Crippen molar-refractivity contribution in [3.63, 3.8) is 0 Å². The zero-order valence-electron chi connectivity index (χ0n) is 15.3. The van der Waals surface area contributed by atoms with E-state index in [-0.39, 0.29) is 5.78 Å². The predicted molar refractivity (Wildman–Crippen MR) is 104 cm³/mol. The van der Waals surface area contributed by atoms with Gasteiger partial charge in [0.2, 0.25) is 0 Å². The fraction of sp³-hybridized carbons (Fsp3) is 0.304. The van der Waals surface area contributed by atoms with Crippen LogP contribution in [0.25, 0.3) is 22.2 Å². The molecule has 3 heteroatoms. The second-order valence-corrected chi connectivity index (χ2v) is 7.07. The summed E-state index contributed by atoms with van der Waals surface area (Å²) in [5, 5.41) is 1.12. The summed E-state index contributed by atoms with van der Waals surface area (Å²) in [7, 11) is 1.66. The van der Waals surface area contributed by atoms with E-state index in [1.54, 1.807) is 7.11 Å². The number of para-hydroxylation sites is 1. The van der Waals surface area contributed by atoms with Crippen molar-refractivity contribution in [1.82, 2.24) is 4.98 Å². The number of nitrogens with zero attached hydrogens (tertiary/aromatic N) is 1. The van der Waals surface area contributed by atoms with Crippen LogP contribution in [0.15, 0.2) is 54.6 Å². The van der Waals surface area contributed by atoms with Gasteiger partial charge in [-0.3, -0.25) is 4.79 Å². The third kappa shape index (κ3) is 2.73. The van der Waals surface area contributed by atoms with E-state index in [1.165, 1.54) is 0 Å². The number of unbranched alkanes of at least 4 members (excludes halogenated alkanes) is 1. The van der Waals surface area contributed by atoms with Crippen molar-refractivity contribution in [2.24, 2.45) is 0 Å². The van der Waals surface area contributed by atoms with Crippen molar-refractivity contribution in [3.8, 4) is 11.3 Å². The number of hydrogen-bond acceptors (Lipinski definition) is 3. The van der Waals surface area contributed by atoms with Gasteiger partial charge in [-0.25, -0.2) is 4.98 Å². The van der Waals surface area contributed by atoms with Gasteiger partial charge in [0.25, 0.3) is 0 Å². The van der Waals surface area contributed by atoms with Crippen LogP contribution in [-0.2, 0) is 11.2 Å². The van der Waals surface area contributed by atoms with Crippen LogP contribution in [0.3, 0.4) is 0 Å². The van der Waals surface area contributed by atoms with Crippen LogP contribution in [-0.4, -0.2) is 23.5 Å². The molecule has 0 fully saturated rings. The van der Waals surface area contributed by atoms with Gasteiger partial charge in [-0.2, -0.15) is 0 Å². The molecular weight excluding hydrogens is 322 g/mol. The summed E-state index contributed by atoms with van der Waals surface area (Å²) < 4.78 is 5.73. The van der Waals surface area contributed by atoms with Crippen LogP contribution in [0.4, 0.5) is 0 Å². The minimum Gasteiger partial charge on any atom is -0.370 e. The third-order valence-electron chi connectivity index (χ3n) is 5.46. The summed E-state index contributed by atoms with van der Waals surface area (Å²) in [4.78, 5) is 17.9. The molecule has 0 N–H and O–H groups in total. The Morgan fingerprint density at radius 3 is 2.77 bits per heavy atom. The molecule has 3 nitrogen and oxygen atoms in total. The molecule has 0 radical (unpaired) electrons. The molecule has 0 aliphatic heterocycles. The highest BCUT2D eigenvalue weighted by Gasteiger charge is 2.45. The lowest BCUT2D eigenvalue weighted by atomic mass is 9.92. The molecule has 0 spiro atoms. The summed E-state index contributed by atoms with van der Waals surface area (Å²) >= 11 is 0. The SMILES string of the molecule is CCCCC1(OC)Cc2ccc(-c3ccc4ccccc4n3)cc2C1=O. The van der Waals surface area contributed by atoms with Crippen molar-refractivity contribution in [3.05, 3.63) is 65.7 Å². The molecule has 1 heterocycles. The molecular formula is C23H23NO2. The number of carbonyl (C=O) groups is 1. The zero-order chi connectivity index (χ0) is 18.1. The molecule has 1 atom stereocenters. The summed E-state index contributed by atoms with van der Waals surface area (Å²) in [5.41, 5.74) is 4.01. The summed E-state index contributed by atoms with van der Waals surface area (Å²) in [5.74, 6) is 0.117. The minimum atomic E-state index is -0.687. The number of fused-ring (bicyclic) bond motifs is 2. The van der Waals surface area contributed by atoms with E-state index >= 15 is 0 Å². The Hall–Kier alpha value is -2.52. The number of rotatable bonds is 5. The number of ketones is 1. The highest BCUT2D eigenvalue weighted by Crippen LogP contribution is 2.38. The van der Waals surface area contributed by atoms with Gasteiger partial charge in [-0.05, 0) is 30.2 Å². The van der Waals surface area contributed by atoms with E-state index in [2.05, 4.69) is 31.2 Å². The van der Waals surface area contributed by atoms with Crippen molar-refractivity contribution in [2.75, 3.05) is 7.11 Å². The first kappa shape index (κ1) is 16.9. The Kier molecular flexibility index (Phi) is 4.33. The van der Waals surface area contributed by atoms with Gasteiger partial charge in [0.05, 0.1) is 11.2 Å². The molecule has 132 valence electrons. The number of ether oxygens (including phenoxy) is 1. The number of pyridine rings is 1. The first-order chi connectivity index (χ1) is 12.7. The highest BCUT2D eigenvalue weighted by atomic mass is 16.5. The second-order valence-electron chi connectivity index (χ2n) is 7.07. The zero-order valence-corrected chi connectivity index (χ0v) is 15.3. The smallest absolute Gasteiger partial charge is 0.195 e. The molecule has 0 bridgehead atoms. The topological polar surface area (TPSA) is 39.2 Å². The highest BCUT2D eigenvalue weighted by molar-refractivity contribution is 6.07. The summed E-state index contributed by atoms with van der Waals surface area (Å²) in [6.45, 7) is 2.14. The molecule has 0 saturated heterocycles. The lowest BCUT2D eigenvalue weighted by molar-refractivity contribution is 0.00116. The van der Waals surface area contributed by atoms with Crippen molar-refractivity contribution in [2.45, 2.75) is 38.2 Å².